The van der Waals surface area contributed by atoms with Gasteiger partial charge in [-0.15, -0.1) is 11.6 Å². The summed E-state index contributed by atoms with van der Waals surface area (Å²) in [5, 5.41) is 0. The van der Waals surface area contributed by atoms with E-state index in [0.29, 0.717) is 18.8 Å². The van der Waals surface area contributed by atoms with Gasteiger partial charge in [0.1, 0.15) is 0 Å². The minimum atomic E-state index is -0.269. The summed E-state index contributed by atoms with van der Waals surface area (Å²) in [4.78, 5) is 0. The Kier molecular flexibility index (Phi) is 2.71. The summed E-state index contributed by atoms with van der Waals surface area (Å²) in [6.07, 6.45) is 0. The Hall–Kier alpha value is -0.306. The van der Waals surface area contributed by atoms with Gasteiger partial charge in [0, 0.05) is 37.6 Å². The molecule has 1 aromatic carbocycles. The fourth-order valence-corrected chi connectivity index (χ4v) is 1.10. The summed E-state index contributed by atoms with van der Waals surface area (Å²) in [5.41, 5.74) is 1.62. The molecule has 0 spiro atoms. The third kappa shape index (κ3) is 1.48. The van der Waals surface area contributed by atoms with Gasteiger partial charge in [-0.1, -0.05) is 5.56 Å². The fourth-order valence-electron chi connectivity index (χ4n) is 1.10. The Morgan fingerprint density at radius 2 is 2.27 bits per heavy atom. The second-order valence-corrected chi connectivity index (χ2v) is 2.29. The second-order valence-electron chi connectivity index (χ2n) is 2.29. The van der Waals surface area contributed by atoms with Gasteiger partial charge in [0.05, 0.1) is 0 Å². The maximum Gasteiger partial charge on any atom is 0.0491 e. The van der Waals surface area contributed by atoms with Crippen LogP contribution < -0.4 is 0 Å². The first-order valence-corrected chi connectivity index (χ1v) is 3.13. The van der Waals surface area contributed by atoms with Crippen LogP contribution in [-0.4, -0.2) is 0 Å². The van der Waals surface area contributed by atoms with Gasteiger partial charge in [-0.25, -0.2) is 4.39 Å². The minimum absolute atomic E-state index is 0. The summed E-state index contributed by atoms with van der Waals surface area (Å²) in [6, 6.07) is 5.91. The van der Waals surface area contributed by atoms with Crippen molar-refractivity contribution in [1.29, 1.82) is 0 Å². The molecule has 57 valence electrons. The van der Waals surface area contributed by atoms with Crippen LogP contribution in [0.5, 0.6) is 0 Å². The van der Waals surface area contributed by atoms with Gasteiger partial charge >= 0.3 is 0 Å². The molecule has 11 heavy (non-hydrogen) atoms. The molecule has 1 nitrogen and oxygen atoms in total. The average Bonchev–Trinajstić information content (AvgIpc) is 2.36. The molecular formula is C8H6FOV-. The van der Waals surface area contributed by atoms with Gasteiger partial charge in [0.2, 0.25) is 0 Å². The number of rotatable bonds is 0. The zero-order chi connectivity index (χ0) is 6.97. The van der Waals surface area contributed by atoms with E-state index in [9.17, 15) is 4.39 Å². The molecule has 1 aliphatic heterocycles. The van der Waals surface area contributed by atoms with Crippen LogP contribution in [0.3, 0.4) is 0 Å². The van der Waals surface area contributed by atoms with Crippen molar-refractivity contribution >= 4 is 0 Å². The third-order valence-corrected chi connectivity index (χ3v) is 1.65. The molecule has 2 rings (SSSR count). The van der Waals surface area contributed by atoms with Crippen molar-refractivity contribution in [3.05, 3.63) is 35.1 Å². The van der Waals surface area contributed by atoms with Crippen LogP contribution in [0.15, 0.2) is 12.1 Å². The number of fused-ring (bicyclic) bond motifs is 1. The van der Waals surface area contributed by atoms with Crippen molar-refractivity contribution in [2.75, 3.05) is 0 Å². The summed E-state index contributed by atoms with van der Waals surface area (Å²) in [7, 11) is 0. The molecule has 0 saturated heterocycles. The van der Waals surface area contributed by atoms with Crippen LogP contribution in [0.4, 0.5) is 4.39 Å². The molecule has 0 saturated carbocycles. The molecule has 0 unspecified atom stereocenters. The van der Waals surface area contributed by atoms with Gasteiger partial charge in [-0.3, -0.25) is 0 Å². The molecule has 1 heterocycles. The Labute approximate surface area is 76.4 Å². The second kappa shape index (κ2) is 3.39. The van der Waals surface area contributed by atoms with E-state index in [2.05, 4.69) is 6.07 Å². The van der Waals surface area contributed by atoms with Gasteiger partial charge in [-0.05, 0) is 0 Å². The molecular weight excluding hydrogens is 182 g/mol. The van der Waals surface area contributed by atoms with Crippen LogP contribution in [0.2, 0.25) is 0 Å². The Morgan fingerprint density at radius 1 is 1.45 bits per heavy atom. The van der Waals surface area contributed by atoms with Crippen molar-refractivity contribution in [2.24, 2.45) is 0 Å². The maximum absolute atomic E-state index is 12.8. The van der Waals surface area contributed by atoms with Crippen molar-refractivity contribution in [2.45, 2.75) is 13.2 Å². The monoisotopic (exact) mass is 188 g/mol. The van der Waals surface area contributed by atoms with Crippen molar-refractivity contribution in [1.82, 2.24) is 0 Å². The smallest absolute Gasteiger partial charge is 0.0491 e. The Morgan fingerprint density at radius 3 is 3.00 bits per heavy atom. The van der Waals surface area contributed by atoms with E-state index in [-0.39, 0.29) is 24.4 Å². The first-order valence-electron chi connectivity index (χ1n) is 3.13. The number of hydrogen-bond donors (Lipinski definition) is 0. The van der Waals surface area contributed by atoms with E-state index in [1.807, 2.05) is 6.07 Å². The molecule has 1 radical (unpaired) electrons. The number of benzene rings is 1. The van der Waals surface area contributed by atoms with Crippen LogP contribution in [0.1, 0.15) is 11.1 Å². The molecule has 0 atom stereocenters. The van der Waals surface area contributed by atoms with E-state index >= 15 is 0 Å². The normalized spacial score (nSPS) is 13.9. The van der Waals surface area contributed by atoms with Gasteiger partial charge in [0.25, 0.3) is 0 Å². The number of halogens is 1. The van der Waals surface area contributed by atoms with E-state index in [0.717, 1.165) is 5.56 Å². The quantitative estimate of drug-likeness (QED) is 0.562. The van der Waals surface area contributed by atoms with Crippen LogP contribution in [0, 0.1) is 11.9 Å². The molecule has 1 aromatic rings. The van der Waals surface area contributed by atoms with Gasteiger partial charge in [0.15, 0.2) is 0 Å². The molecule has 0 N–H and O–H groups in total. The van der Waals surface area contributed by atoms with Crippen LogP contribution >= 0.6 is 0 Å². The van der Waals surface area contributed by atoms with Gasteiger partial charge < -0.3 is 4.74 Å². The standard InChI is InChI=1S/C8H6FO.V/c9-8-3-1-2-6-4-10-5-7(6)8;/h1-2H,4-5H2;/q-1;. The van der Waals surface area contributed by atoms with E-state index in [1.165, 1.54) is 0 Å². The molecule has 3 heteroatoms. The summed E-state index contributed by atoms with van der Waals surface area (Å²) in [6.45, 7) is 0.944. The zero-order valence-corrected chi connectivity index (χ0v) is 7.20. The largest absolute Gasteiger partial charge is 0.386 e. The minimum Gasteiger partial charge on any atom is -0.386 e. The summed E-state index contributed by atoms with van der Waals surface area (Å²) in [5.74, 6) is -0.269. The number of ether oxygens (including phenoxy) is 1. The van der Waals surface area contributed by atoms with Crippen molar-refractivity contribution in [3.63, 3.8) is 0 Å². The summed E-state index contributed by atoms with van der Waals surface area (Å²) < 4.78 is 17.8. The molecule has 0 amide bonds. The Balaban J connectivity index is 0.000000605. The first kappa shape index (κ1) is 8.79. The Bertz CT molecular complexity index is 262. The fraction of sp³-hybridized carbons (Fsp3) is 0.250. The van der Waals surface area contributed by atoms with Gasteiger partial charge in [-0.2, -0.15) is 12.1 Å². The number of hydrogen-bond acceptors (Lipinski definition) is 1. The SMILES string of the molecule is Fc1[c-]ccc2c1COC2.[V]. The summed E-state index contributed by atoms with van der Waals surface area (Å²) >= 11 is 0. The van der Waals surface area contributed by atoms with Crippen molar-refractivity contribution < 1.29 is 27.7 Å². The zero-order valence-electron chi connectivity index (χ0n) is 5.80. The topological polar surface area (TPSA) is 9.23 Å². The molecule has 0 bridgehead atoms. The molecule has 1 aliphatic rings. The van der Waals surface area contributed by atoms with E-state index in [1.54, 1.807) is 6.07 Å². The maximum atomic E-state index is 12.8. The molecule has 0 fully saturated rings. The predicted molar refractivity (Wildman–Crippen MR) is 33.7 cm³/mol. The van der Waals surface area contributed by atoms with E-state index < -0.39 is 0 Å². The molecule has 0 aromatic heterocycles. The van der Waals surface area contributed by atoms with Crippen LogP contribution in [-0.2, 0) is 36.5 Å². The predicted octanol–water partition coefficient (Wildman–Crippen LogP) is 1.65. The average molecular weight is 188 g/mol. The molecule has 0 aliphatic carbocycles. The van der Waals surface area contributed by atoms with Crippen molar-refractivity contribution in [3.8, 4) is 0 Å². The third-order valence-electron chi connectivity index (χ3n) is 1.65. The van der Waals surface area contributed by atoms with Crippen LogP contribution in [0.25, 0.3) is 0 Å². The first-order chi connectivity index (χ1) is 4.88. The van der Waals surface area contributed by atoms with E-state index in [4.69, 9.17) is 4.74 Å².